The molecule has 2 N–H and O–H groups in total. The Balaban J connectivity index is 2.34. The van der Waals surface area contributed by atoms with Crippen LogP contribution in [0.15, 0.2) is 18.2 Å². The maximum Gasteiger partial charge on any atom is 0.138 e. The first-order valence-corrected chi connectivity index (χ1v) is 4.82. The summed E-state index contributed by atoms with van der Waals surface area (Å²) < 4.78 is 13.7. The molecule has 0 bridgehead atoms. The molecule has 0 aromatic heterocycles. The number of phenols is 1. The molecule has 2 rings (SSSR count). The van der Waals surface area contributed by atoms with E-state index in [1.807, 2.05) is 6.07 Å². The Kier molecular flexibility index (Phi) is 2.10. The Morgan fingerprint density at radius 2 is 2.29 bits per heavy atom. The van der Waals surface area contributed by atoms with E-state index in [2.05, 4.69) is 5.32 Å². The Morgan fingerprint density at radius 3 is 3.07 bits per heavy atom. The van der Waals surface area contributed by atoms with E-state index in [0.29, 0.717) is 18.5 Å². The lowest BCUT2D eigenvalue weighted by molar-refractivity contribution is 0.195. The van der Waals surface area contributed by atoms with E-state index >= 15 is 0 Å². The number of benzene rings is 1. The molecule has 1 aromatic carbocycles. The second kappa shape index (κ2) is 3.15. The second-order valence-electron chi connectivity index (χ2n) is 4.08. The third-order valence-electron chi connectivity index (χ3n) is 2.68. The van der Waals surface area contributed by atoms with Crippen molar-refractivity contribution < 1.29 is 9.50 Å². The highest BCUT2D eigenvalue weighted by atomic mass is 19.1. The first-order valence-electron chi connectivity index (χ1n) is 4.82. The first kappa shape index (κ1) is 9.31. The van der Waals surface area contributed by atoms with Gasteiger partial charge < -0.3 is 10.4 Å². The molecule has 0 aliphatic carbocycles. The summed E-state index contributed by atoms with van der Waals surface area (Å²) in [6.45, 7) is 1.85. The summed E-state index contributed by atoms with van der Waals surface area (Å²) in [4.78, 5) is 0. The molecule has 1 aliphatic rings. The quantitative estimate of drug-likeness (QED) is 0.623. The summed E-state index contributed by atoms with van der Waals surface area (Å²) in [5, 5.41) is 12.5. The lowest BCUT2D eigenvalue weighted by atomic mass is 10.0. The molecule has 14 heavy (non-hydrogen) atoms. The maximum absolute atomic E-state index is 13.7. The molecule has 0 amide bonds. The van der Waals surface area contributed by atoms with Crippen molar-refractivity contribution >= 4 is 5.69 Å². The summed E-state index contributed by atoms with van der Waals surface area (Å²) in [7, 11) is 0. The van der Waals surface area contributed by atoms with Crippen LogP contribution < -0.4 is 5.32 Å². The highest BCUT2D eigenvalue weighted by Crippen LogP contribution is 2.33. The molecule has 76 valence electrons. The molecule has 0 radical (unpaired) electrons. The van der Waals surface area contributed by atoms with Crippen LogP contribution in [0.25, 0.3) is 0 Å². The topological polar surface area (TPSA) is 32.3 Å². The number of alkyl halides is 1. The fraction of sp³-hybridized carbons (Fsp3) is 0.455. The van der Waals surface area contributed by atoms with Gasteiger partial charge in [-0.1, -0.05) is 12.1 Å². The molecule has 0 saturated heterocycles. The number of anilines is 1. The SMILES string of the molecule is CC1(F)CCc2cccc(O)c2NC1. The average molecular weight is 195 g/mol. The van der Waals surface area contributed by atoms with Crippen LogP contribution in [0.1, 0.15) is 18.9 Å². The van der Waals surface area contributed by atoms with Crippen molar-refractivity contribution in [1.82, 2.24) is 0 Å². The van der Waals surface area contributed by atoms with E-state index in [1.54, 1.807) is 19.1 Å². The lowest BCUT2D eigenvalue weighted by Gasteiger charge is -2.17. The van der Waals surface area contributed by atoms with Crippen molar-refractivity contribution in [2.45, 2.75) is 25.4 Å². The minimum Gasteiger partial charge on any atom is -0.506 e. The van der Waals surface area contributed by atoms with Crippen LogP contribution in [0.4, 0.5) is 10.1 Å². The maximum atomic E-state index is 13.7. The van der Waals surface area contributed by atoms with Crippen LogP contribution in [-0.4, -0.2) is 17.3 Å². The third kappa shape index (κ3) is 1.67. The van der Waals surface area contributed by atoms with Crippen LogP contribution >= 0.6 is 0 Å². The fourth-order valence-electron chi connectivity index (χ4n) is 1.76. The smallest absolute Gasteiger partial charge is 0.138 e. The number of hydrogen-bond acceptors (Lipinski definition) is 2. The number of phenolic OH excluding ortho intramolecular Hbond substituents is 1. The Morgan fingerprint density at radius 1 is 1.50 bits per heavy atom. The molecule has 1 heterocycles. The minimum atomic E-state index is -1.19. The third-order valence-corrected chi connectivity index (χ3v) is 2.68. The fourth-order valence-corrected chi connectivity index (χ4v) is 1.76. The van der Waals surface area contributed by atoms with Gasteiger partial charge in [0, 0.05) is 6.54 Å². The molecule has 2 nitrogen and oxygen atoms in total. The molecule has 0 fully saturated rings. The van der Waals surface area contributed by atoms with Crippen molar-refractivity contribution in [1.29, 1.82) is 0 Å². The Bertz CT molecular complexity index is 349. The molecule has 3 heteroatoms. The van der Waals surface area contributed by atoms with Gasteiger partial charge in [-0.3, -0.25) is 0 Å². The number of nitrogens with one attached hydrogen (secondary N) is 1. The van der Waals surface area contributed by atoms with E-state index in [4.69, 9.17) is 0 Å². The standard InChI is InChI=1S/C11H14FNO/c1-11(12)6-5-8-3-2-4-9(14)10(8)13-7-11/h2-4,13-14H,5-7H2,1H3. The van der Waals surface area contributed by atoms with Gasteiger partial charge in [0.2, 0.25) is 0 Å². The molecule has 1 aromatic rings. The monoisotopic (exact) mass is 195 g/mol. The number of para-hydroxylation sites is 1. The number of aryl methyl sites for hydroxylation is 1. The van der Waals surface area contributed by atoms with Gasteiger partial charge in [0.1, 0.15) is 11.4 Å². The summed E-state index contributed by atoms with van der Waals surface area (Å²) >= 11 is 0. The van der Waals surface area contributed by atoms with Crippen LogP contribution in [0.5, 0.6) is 5.75 Å². The predicted octanol–water partition coefficient (Wildman–Crippen LogP) is 2.48. The van der Waals surface area contributed by atoms with E-state index in [1.165, 1.54) is 0 Å². The number of aromatic hydroxyl groups is 1. The number of halogens is 1. The first-order chi connectivity index (χ1) is 6.58. The molecule has 1 atom stereocenters. The molecular weight excluding hydrogens is 181 g/mol. The number of fused-ring (bicyclic) bond motifs is 1. The van der Waals surface area contributed by atoms with E-state index in [9.17, 15) is 9.50 Å². The van der Waals surface area contributed by atoms with Crippen molar-refractivity contribution in [3.05, 3.63) is 23.8 Å². The van der Waals surface area contributed by atoms with Crippen molar-refractivity contribution in [2.24, 2.45) is 0 Å². The highest BCUT2D eigenvalue weighted by Gasteiger charge is 2.27. The van der Waals surface area contributed by atoms with Gasteiger partial charge in [0.15, 0.2) is 0 Å². The molecule has 1 aliphatic heterocycles. The summed E-state index contributed by atoms with van der Waals surface area (Å²) in [6, 6.07) is 5.33. The van der Waals surface area contributed by atoms with Crippen LogP contribution in [-0.2, 0) is 6.42 Å². The molecule has 0 spiro atoms. The Labute approximate surface area is 82.8 Å². The van der Waals surface area contributed by atoms with E-state index in [-0.39, 0.29) is 12.3 Å². The highest BCUT2D eigenvalue weighted by molar-refractivity contribution is 5.62. The summed E-state index contributed by atoms with van der Waals surface area (Å²) in [6.07, 6.45) is 1.17. The molecule has 1 unspecified atom stereocenters. The number of rotatable bonds is 0. The van der Waals surface area contributed by atoms with Crippen molar-refractivity contribution in [2.75, 3.05) is 11.9 Å². The van der Waals surface area contributed by atoms with Gasteiger partial charge in [0.25, 0.3) is 0 Å². The van der Waals surface area contributed by atoms with Gasteiger partial charge in [-0.05, 0) is 31.4 Å². The van der Waals surface area contributed by atoms with Gasteiger partial charge >= 0.3 is 0 Å². The van der Waals surface area contributed by atoms with Crippen LogP contribution in [0, 0.1) is 0 Å². The van der Waals surface area contributed by atoms with Gasteiger partial charge in [-0.2, -0.15) is 0 Å². The normalized spacial score (nSPS) is 26.1. The Hall–Kier alpha value is -1.25. The van der Waals surface area contributed by atoms with Crippen molar-refractivity contribution in [3.63, 3.8) is 0 Å². The minimum absolute atomic E-state index is 0.209. The largest absolute Gasteiger partial charge is 0.506 e. The van der Waals surface area contributed by atoms with E-state index in [0.717, 1.165) is 5.56 Å². The molecular formula is C11H14FNO. The second-order valence-corrected chi connectivity index (χ2v) is 4.08. The summed E-state index contributed by atoms with van der Waals surface area (Å²) in [5.74, 6) is 0.209. The number of hydrogen-bond donors (Lipinski definition) is 2. The zero-order valence-corrected chi connectivity index (χ0v) is 8.18. The van der Waals surface area contributed by atoms with Gasteiger partial charge in [0.05, 0.1) is 5.69 Å². The van der Waals surface area contributed by atoms with Crippen LogP contribution in [0.2, 0.25) is 0 Å². The van der Waals surface area contributed by atoms with Crippen LogP contribution in [0.3, 0.4) is 0 Å². The average Bonchev–Trinajstić information content (AvgIpc) is 2.27. The van der Waals surface area contributed by atoms with Crippen molar-refractivity contribution in [3.8, 4) is 5.75 Å². The predicted molar refractivity (Wildman–Crippen MR) is 54.4 cm³/mol. The lowest BCUT2D eigenvalue weighted by Crippen LogP contribution is -2.27. The van der Waals surface area contributed by atoms with Gasteiger partial charge in [-0.25, -0.2) is 4.39 Å². The zero-order valence-electron chi connectivity index (χ0n) is 8.18. The summed E-state index contributed by atoms with van der Waals surface area (Å²) in [5.41, 5.74) is 0.492. The molecule has 0 saturated carbocycles. The van der Waals surface area contributed by atoms with Gasteiger partial charge in [-0.15, -0.1) is 0 Å². The zero-order chi connectivity index (χ0) is 10.2. The van der Waals surface area contributed by atoms with E-state index < -0.39 is 5.67 Å².